The van der Waals surface area contributed by atoms with Crippen LogP contribution in [0.3, 0.4) is 0 Å². The van der Waals surface area contributed by atoms with Crippen molar-refractivity contribution in [2.75, 3.05) is 9.80 Å². The molecule has 228 valence electrons. The average molecular weight is 586 g/mol. The van der Waals surface area contributed by atoms with Crippen molar-refractivity contribution in [1.82, 2.24) is 10.3 Å². The van der Waals surface area contributed by atoms with Gasteiger partial charge in [0.1, 0.15) is 5.84 Å². The van der Waals surface area contributed by atoms with E-state index >= 15 is 0 Å². The summed E-state index contributed by atoms with van der Waals surface area (Å²) in [6, 6.07) is 32.7. The summed E-state index contributed by atoms with van der Waals surface area (Å²) in [4.78, 5) is 15.1. The van der Waals surface area contributed by atoms with E-state index in [0.717, 1.165) is 39.6 Å². The molecular weight excluding hydrogens is 538 g/mol. The highest BCUT2D eigenvalue weighted by atomic mass is 15.4. The first-order valence-corrected chi connectivity index (χ1v) is 15.8. The average Bonchev–Trinajstić information content (AvgIpc) is 3.25. The third-order valence-corrected chi connectivity index (χ3v) is 10.7. The molecule has 1 fully saturated rings. The number of benzene rings is 3. The first-order chi connectivity index (χ1) is 20.6. The number of nitrogens with one attached hydrogen (secondary N) is 1. The first kappa shape index (κ1) is 30.1. The Bertz CT molecular complexity index is 1700. The fourth-order valence-electron chi connectivity index (χ4n) is 7.07. The van der Waals surface area contributed by atoms with Crippen molar-refractivity contribution in [2.45, 2.75) is 97.6 Å². The van der Waals surface area contributed by atoms with Crippen LogP contribution in [0.5, 0.6) is 0 Å². The summed E-state index contributed by atoms with van der Waals surface area (Å²) in [7, 11) is 0. The van der Waals surface area contributed by atoms with Crippen LogP contribution in [0.2, 0.25) is 0 Å². The molecule has 1 saturated heterocycles. The molecule has 5 heteroatoms. The van der Waals surface area contributed by atoms with Gasteiger partial charge in [0, 0.05) is 28.0 Å². The molecule has 2 aliphatic heterocycles. The zero-order chi connectivity index (χ0) is 31.7. The molecule has 1 aromatic heterocycles. The fraction of sp³-hybridized carbons (Fsp3) is 0.385. The smallest absolute Gasteiger partial charge is 0.102 e. The Morgan fingerprint density at radius 2 is 1.14 bits per heavy atom. The number of pyridine rings is 1. The van der Waals surface area contributed by atoms with Crippen molar-refractivity contribution in [3.63, 3.8) is 0 Å². The second kappa shape index (κ2) is 10.3. The summed E-state index contributed by atoms with van der Waals surface area (Å²) in [5.41, 5.74) is 8.49. The third kappa shape index (κ3) is 4.82. The highest BCUT2D eigenvalue weighted by Crippen LogP contribution is 2.42. The number of amidine groups is 1. The van der Waals surface area contributed by atoms with Crippen LogP contribution in [0.25, 0.3) is 33.6 Å². The molecule has 0 aliphatic carbocycles. The monoisotopic (exact) mass is 585 g/mol. The van der Waals surface area contributed by atoms with Crippen molar-refractivity contribution >= 4 is 17.2 Å². The van der Waals surface area contributed by atoms with Gasteiger partial charge in [-0.1, -0.05) is 54.6 Å². The molecule has 2 aliphatic rings. The lowest BCUT2D eigenvalue weighted by Crippen LogP contribution is -2.53. The fourth-order valence-corrected chi connectivity index (χ4v) is 7.07. The summed E-state index contributed by atoms with van der Waals surface area (Å²) in [5, 5.41) is 3.77. The van der Waals surface area contributed by atoms with Crippen molar-refractivity contribution < 1.29 is 0 Å². The second-order valence-electron chi connectivity index (χ2n) is 14.6. The highest BCUT2D eigenvalue weighted by molar-refractivity contribution is 6.00. The summed E-state index contributed by atoms with van der Waals surface area (Å²) >= 11 is 0. The minimum atomic E-state index is -0.166. The maximum atomic E-state index is 5.22. The molecule has 0 radical (unpaired) electrons. The van der Waals surface area contributed by atoms with Crippen molar-refractivity contribution in [1.29, 1.82) is 0 Å². The molecule has 3 aromatic carbocycles. The largest absolute Gasteiger partial charge is 0.349 e. The van der Waals surface area contributed by atoms with Crippen LogP contribution in [0, 0.1) is 0 Å². The van der Waals surface area contributed by atoms with Gasteiger partial charge in [0.25, 0.3) is 0 Å². The lowest BCUT2D eigenvalue weighted by molar-refractivity contribution is 0.315. The zero-order valence-electron chi connectivity index (χ0n) is 28.0. The standard InChI is InChI=1S/C39H47N5/c1-26-41-36(3,4)38(7,8)43(26)32-20-16-29(17-21-32)34-24-31(28-14-12-11-13-15-28)25-35(40-34)30-18-22-33(23-19-30)44-27(2)42-37(5,6)39(44,9)10/h11-26,41H,1-10H3. The second-order valence-corrected chi connectivity index (χ2v) is 14.6. The molecule has 1 N–H and O–H groups in total. The van der Waals surface area contributed by atoms with E-state index in [2.05, 4.69) is 175 Å². The van der Waals surface area contributed by atoms with E-state index in [1.54, 1.807) is 0 Å². The maximum Gasteiger partial charge on any atom is 0.102 e. The van der Waals surface area contributed by atoms with Gasteiger partial charge in [-0.2, -0.15) is 0 Å². The van der Waals surface area contributed by atoms with E-state index in [0.29, 0.717) is 0 Å². The van der Waals surface area contributed by atoms with Gasteiger partial charge in [-0.3, -0.25) is 10.3 Å². The van der Waals surface area contributed by atoms with Gasteiger partial charge in [-0.05, 0) is 117 Å². The number of rotatable bonds is 5. The van der Waals surface area contributed by atoms with Crippen molar-refractivity contribution in [3.8, 4) is 33.6 Å². The predicted octanol–water partition coefficient (Wildman–Crippen LogP) is 9.19. The van der Waals surface area contributed by atoms with Crippen LogP contribution >= 0.6 is 0 Å². The first-order valence-electron chi connectivity index (χ1n) is 15.8. The lowest BCUT2D eigenvalue weighted by atomic mass is 9.83. The molecule has 1 atom stereocenters. The normalized spacial score (nSPS) is 21.4. The van der Waals surface area contributed by atoms with E-state index in [9.17, 15) is 0 Å². The summed E-state index contributed by atoms with van der Waals surface area (Å²) in [6.45, 7) is 22.5. The maximum absolute atomic E-state index is 5.22. The molecule has 3 heterocycles. The molecule has 1 unspecified atom stereocenters. The van der Waals surface area contributed by atoms with Gasteiger partial charge < -0.3 is 9.80 Å². The highest BCUT2D eigenvalue weighted by Gasteiger charge is 2.50. The van der Waals surface area contributed by atoms with Crippen molar-refractivity contribution in [3.05, 3.63) is 91.0 Å². The molecule has 0 bridgehead atoms. The van der Waals surface area contributed by atoms with Crippen LogP contribution in [0.15, 0.2) is 96.0 Å². The number of nitrogens with zero attached hydrogens (tertiary/aromatic N) is 4. The zero-order valence-corrected chi connectivity index (χ0v) is 28.0. The summed E-state index contributed by atoms with van der Waals surface area (Å²) in [5.74, 6) is 1.05. The van der Waals surface area contributed by atoms with E-state index in [1.807, 2.05) is 0 Å². The van der Waals surface area contributed by atoms with E-state index in [1.165, 1.54) is 11.3 Å². The third-order valence-electron chi connectivity index (χ3n) is 10.7. The Kier molecular flexibility index (Phi) is 7.05. The van der Waals surface area contributed by atoms with Gasteiger partial charge in [-0.15, -0.1) is 0 Å². The minimum absolute atomic E-state index is 0.00661. The Hall–Kier alpha value is -3.96. The molecular formula is C39H47N5. The molecule has 44 heavy (non-hydrogen) atoms. The van der Waals surface area contributed by atoms with Gasteiger partial charge >= 0.3 is 0 Å². The van der Waals surface area contributed by atoms with Crippen LogP contribution in [0.1, 0.15) is 69.2 Å². The van der Waals surface area contributed by atoms with Gasteiger partial charge in [0.2, 0.25) is 0 Å². The SMILES string of the molecule is CC1=NC(C)(C)C(C)(C)N1c1ccc(-c2cc(-c3ccccc3)cc(-c3ccc(N4C(C)NC(C)(C)C4(C)C)cc3)n2)cc1. The number of aliphatic imine (C=N–C) groups is 1. The summed E-state index contributed by atoms with van der Waals surface area (Å²) < 4.78 is 0. The van der Waals surface area contributed by atoms with Crippen LogP contribution < -0.4 is 15.1 Å². The minimum Gasteiger partial charge on any atom is -0.349 e. The molecule has 5 nitrogen and oxygen atoms in total. The van der Waals surface area contributed by atoms with E-state index in [4.69, 9.17) is 9.98 Å². The van der Waals surface area contributed by atoms with E-state index < -0.39 is 0 Å². The lowest BCUT2D eigenvalue weighted by Gasteiger charge is -2.41. The van der Waals surface area contributed by atoms with Crippen LogP contribution in [-0.4, -0.2) is 39.1 Å². The van der Waals surface area contributed by atoms with E-state index in [-0.39, 0.29) is 28.3 Å². The Morgan fingerprint density at radius 3 is 1.59 bits per heavy atom. The van der Waals surface area contributed by atoms with Gasteiger partial charge in [0.05, 0.1) is 34.2 Å². The van der Waals surface area contributed by atoms with Crippen molar-refractivity contribution in [2.24, 2.45) is 4.99 Å². The topological polar surface area (TPSA) is 43.8 Å². The van der Waals surface area contributed by atoms with Crippen LogP contribution in [-0.2, 0) is 0 Å². The molecule has 0 saturated carbocycles. The number of hydrogen-bond donors (Lipinski definition) is 1. The molecule has 0 amide bonds. The van der Waals surface area contributed by atoms with Crippen LogP contribution in [0.4, 0.5) is 11.4 Å². The Labute approximate surface area is 264 Å². The molecule has 0 spiro atoms. The quantitative estimate of drug-likeness (QED) is 0.254. The van der Waals surface area contributed by atoms with Gasteiger partial charge in [0.15, 0.2) is 0 Å². The molecule has 4 aromatic rings. The Balaban J connectivity index is 1.38. The molecule has 6 rings (SSSR count). The predicted molar refractivity (Wildman–Crippen MR) is 188 cm³/mol. The number of hydrogen-bond acceptors (Lipinski definition) is 5. The number of aromatic nitrogens is 1. The summed E-state index contributed by atoms with van der Waals surface area (Å²) in [6.07, 6.45) is 0.243. The Morgan fingerprint density at radius 1 is 0.614 bits per heavy atom. The van der Waals surface area contributed by atoms with Gasteiger partial charge in [-0.25, -0.2) is 4.98 Å². The number of anilines is 2.